The highest BCUT2D eigenvalue weighted by Crippen LogP contribution is 2.29. The molecule has 0 atom stereocenters. The molecule has 2 N–H and O–H groups in total. The first kappa shape index (κ1) is 13.9. The fourth-order valence-electron chi connectivity index (χ4n) is 2.14. The van der Waals surface area contributed by atoms with Crippen molar-refractivity contribution in [3.8, 4) is 5.75 Å². The summed E-state index contributed by atoms with van der Waals surface area (Å²) in [7, 11) is 0. The number of pyridine rings is 1. The maximum absolute atomic E-state index is 12.4. The monoisotopic (exact) mass is 319 g/mol. The molecule has 0 aliphatic rings. The minimum Gasteiger partial charge on any atom is -0.506 e. The van der Waals surface area contributed by atoms with Crippen LogP contribution in [0.3, 0.4) is 0 Å². The van der Waals surface area contributed by atoms with Gasteiger partial charge in [0.25, 0.3) is 5.56 Å². The maximum Gasteiger partial charge on any atom is 0.263 e. The minimum atomic E-state index is -0.613. The molecule has 0 spiro atoms. The van der Waals surface area contributed by atoms with Crippen LogP contribution in [-0.4, -0.2) is 15.9 Å². The number of aromatic hydroxyl groups is 1. The van der Waals surface area contributed by atoms with Gasteiger partial charge in [-0.25, -0.2) is 0 Å². The summed E-state index contributed by atoms with van der Waals surface area (Å²) < 4.78 is 0. The zero-order chi connectivity index (χ0) is 15.1. The first-order chi connectivity index (χ1) is 9.97. The molecule has 0 bridgehead atoms. The van der Waals surface area contributed by atoms with Gasteiger partial charge in [0.2, 0.25) is 5.78 Å². The normalized spacial score (nSPS) is 11.0. The van der Waals surface area contributed by atoms with E-state index >= 15 is 0 Å². The number of aromatic amines is 1. The van der Waals surface area contributed by atoms with Gasteiger partial charge in [-0.3, -0.25) is 9.59 Å². The SMILES string of the molecule is Cc1ccc(C(=O)c2c(O)c3cc(Cl)ccc3[nH]c2=O)s1. The van der Waals surface area contributed by atoms with E-state index in [1.165, 1.54) is 17.4 Å². The van der Waals surface area contributed by atoms with E-state index in [9.17, 15) is 14.7 Å². The van der Waals surface area contributed by atoms with Crippen molar-refractivity contribution in [1.29, 1.82) is 0 Å². The van der Waals surface area contributed by atoms with Crippen LogP contribution in [0.15, 0.2) is 35.1 Å². The molecule has 0 unspecified atom stereocenters. The van der Waals surface area contributed by atoms with Crippen molar-refractivity contribution in [1.82, 2.24) is 4.98 Å². The lowest BCUT2D eigenvalue weighted by atomic mass is 10.1. The Morgan fingerprint density at radius 2 is 2.05 bits per heavy atom. The fraction of sp³-hybridized carbons (Fsp3) is 0.0667. The Kier molecular flexibility index (Phi) is 3.31. The zero-order valence-electron chi connectivity index (χ0n) is 10.9. The van der Waals surface area contributed by atoms with Crippen molar-refractivity contribution in [2.45, 2.75) is 6.92 Å². The summed E-state index contributed by atoms with van der Waals surface area (Å²) in [6.07, 6.45) is 0. The number of rotatable bonds is 2. The summed E-state index contributed by atoms with van der Waals surface area (Å²) in [5.41, 5.74) is -0.439. The van der Waals surface area contributed by atoms with Crippen LogP contribution in [-0.2, 0) is 0 Å². The zero-order valence-corrected chi connectivity index (χ0v) is 12.5. The van der Waals surface area contributed by atoms with Gasteiger partial charge in [-0.15, -0.1) is 11.3 Å². The van der Waals surface area contributed by atoms with Crippen molar-refractivity contribution in [3.63, 3.8) is 0 Å². The van der Waals surface area contributed by atoms with Gasteiger partial charge in [-0.1, -0.05) is 11.6 Å². The van der Waals surface area contributed by atoms with Gasteiger partial charge >= 0.3 is 0 Å². The standard InChI is InChI=1S/C15H10ClNO3S/c1-7-2-5-11(21-7)14(19)12-13(18)9-6-8(16)3-4-10(9)17-15(12)20/h2-6H,1H3,(H2,17,18,20). The Labute approximate surface area is 128 Å². The molecule has 0 fully saturated rings. The Hall–Kier alpha value is -2.11. The summed E-state index contributed by atoms with van der Waals surface area (Å²) in [5.74, 6) is -0.832. The van der Waals surface area contributed by atoms with Crippen molar-refractivity contribution < 1.29 is 9.90 Å². The second-order valence-corrected chi connectivity index (χ2v) is 6.33. The van der Waals surface area contributed by atoms with Gasteiger partial charge in [-0.2, -0.15) is 0 Å². The van der Waals surface area contributed by atoms with E-state index in [1.807, 2.05) is 6.92 Å². The molecule has 2 heterocycles. The van der Waals surface area contributed by atoms with Crippen LogP contribution in [0.1, 0.15) is 20.1 Å². The Morgan fingerprint density at radius 3 is 2.71 bits per heavy atom. The average molecular weight is 320 g/mol. The number of aryl methyl sites for hydroxylation is 1. The molecule has 0 amide bonds. The van der Waals surface area contributed by atoms with Crippen LogP contribution < -0.4 is 5.56 Å². The Bertz CT molecular complexity index is 926. The molecule has 106 valence electrons. The molecular weight excluding hydrogens is 310 g/mol. The number of carbonyl (C=O) groups is 1. The molecule has 0 aliphatic carbocycles. The molecule has 3 rings (SSSR count). The predicted octanol–water partition coefficient (Wildman–Crippen LogP) is 3.49. The number of thiophene rings is 1. The van der Waals surface area contributed by atoms with Crippen molar-refractivity contribution in [3.05, 3.63) is 61.0 Å². The van der Waals surface area contributed by atoms with Crippen LogP contribution in [0, 0.1) is 6.92 Å². The highest BCUT2D eigenvalue weighted by molar-refractivity contribution is 7.14. The van der Waals surface area contributed by atoms with Gasteiger partial charge in [0.15, 0.2) is 0 Å². The number of carbonyl (C=O) groups excluding carboxylic acids is 1. The van der Waals surface area contributed by atoms with E-state index in [-0.39, 0.29) is 11.3 Å². The van der Waals surface area contributed by atoms with E-state index in [0.29, 0.717) is 20.8 Å². The highest BCUT2D eigenvalue weighted by Gasteiger charge is 2.21. The summed E-state index contributed by atoms with van der Waals surface area (Å²) in [6.45, 7) is 1.87. The number of hydrogen-bond acceptors (Lipinski definition) is 4. The molecule has 0 aliphatic heterocycles. The van der Waals surface area contributed by atoms with E-state index in [1.54, 1.807) is 24.3 Å². The lowest BCUT2D eigenvalue weighted by molar-refractivity contribution is 0.103. The maximum atomic E-state index is 12.4. The first-order valence-electron chi connectivity index (χ1n) is 6.13. The number of hydrogen-bond donors (Lipinski definition) is 2. The Balaban J connectivity index is 2.27. The first-order valence-corrected chi connectivity index (χ1v) is 7.32. The molecule has 0 radical (unpaired) electrons. The molecule has 21 heavy (non-hydrogen) atoms. The lowest BCUT2D eigenvalue weighted by Gasteiger charge is -2.06. The smallest absolute Gasteiger partial charge is 0.263 e. The third-order valence-corrected chi connectivity index (χ3v) is 4.37. The van der Waals surface area contributed by atoms with Crippen LogP contribution in [0.5, 0.6) is 5.75 Å². The minimum absolute atomic E-state index is 0.258. The molecule has 2 aromatic heterocycles. The molecule has 3 aromatic rings. The topological polar surface area (TPSA) is 70.2 Å². The molecule has 0 saturated carbocycles. The Morgan fingerprint density at radius 1 is 1.29 bits per heavy atom. The van der Waals surface area contributed by atoms with Crippen LogP contribution >= 0.6 is 22.9 Å². The van der Waals surface area contributed by atoms with E-state index < -0.39 is 11.3 Å². The third-order valence-electron chi connectivity index (χ3n) is 3.14. The summed E-state index contributed by atoms with van der Waals surface area (Å²) in [6, 6.07) is 8.13. The van der Waals surface area contributed by atoms with E-state index in [4.69, 9.17) is 11.6 Å². The van der Waals surface area contributed by atoms with Gasteiger partial charge in [0, 0.05) is 15.3 Å². The van der Waals surface area contributed by atoms with Gasteiger partial charge in [0.05, 0.1) is 10.4 Å². The number of halogens is 1. The molecule has 4 nitrogen and oxygen atoms in total. The largest absolute Gasteiger partial charge is 0.506 e. The number of fused-ring (bicyclic) bond motifs is 1. The quantitative estimate of drug-likeness (QED) is 0.710. The van der Waals surface area contributed by atoms with Crippen LogP contribution in [0.4, 0.5) is 0 Å². The summed E-state index contributed by atoms with van der Waals surface area (Å²) >= 11 is 7.17. The number of aromatic nitrogens is 1. The van der Waals surface area contributed by atoms with Crippen molar-refractivity contribution in [2.24, 2.45) is 0 Å². The molecule has 0 saturated heterocycles. The number of ketones is 1. The number of benzene rings is 1. The van der Waals surface area contributed by atoms with Crippen molar-refractivity contribution in [2.75, 3.05) is 0 Å². The summed E-state index contributed by atoms with van der Waals surface area (Å²) in [4.78, 5) is 28.5. The molecule has 6 heteroatoms. The van der Waals surface area contributed by atoms with Crippen LogP contribution in [0.2, 0.25) is 5.02 Å². The number of nitrogens with one attached hydrogen (secondary N) is 1. The third kappa shape index (κ3) is 2.34. The second-order valence-electron chi connectivity index (χ2n) is 4.61. The summed E-state index contributed by atoms with van der Waals surface area (Å²) in [5, 5.41) is 11.1. The van der Waals surface area contributed by atoms with Crippen molar-refractivity contribution >= 4 is 39.6 Å². The fourth-order valence-corrected chi connectivity index (χ4v) is 3.12. The van der Waals surface area contributed by atoms with E-state index in [2.05, 4.69) is 4.98 Å². The van der Waals surface area contributed by atoms with Crippen LogP contribution in [0.25, 0.3) is 10.9 Å². The number of H-pyrrole nitrogens is 1. The average Bonchev–Trinajstić information content (AvgIpc) is 2.86. The van der Waals surface area contributed by atoms with Gasteiger partial charge in [0.1, 0.15) is 11.3 Å². The van der Waals surface area contributed by atoms with E-state index in [0.717, 1.165) is 4.88 Å². The highest BCUT2D eigenvalue weighted by atomic mass is 35.5. The predicted molar refractivity (Wildman–Crippen MR) is 83.7 cm³/mol. The second kappa shape index (κ2) is 5.02. The van der Waals surface area contributed by atoms with Gasteiger partial charge < -0.3 is 10.1 Å². The molecule has 1 aromatic carbocycles. The molecular formula is C15H10ClNO3S. The lowest BCUT2D eigenvalue weighted by Crippen LogP contribution is -2.18. The van der Waals surface area contributed by atoms with Gasteiger partial charge in [-0.05, 0) is 37.3 Å².